The summed E-state index contributed by atoms with van der Waals surface area (Å²) in [5.41, 5.74) is 5.90. The normalized spacial score (nSPS) is 18.4. The summed E-state index contributed by atoms with van der Waals surface area (Å²) in [4.78, 5) is 6.48. The quantitative estimate of drug-likeness (QED) is 0.815. The largest absolute Gasteiger partial charge is 0.338 e. The Morgan fingerprint density at radius 3 is 2.87 bits per heavy atom. The van der Waals surface area contributed by atoms with Crippen molar-refractivity contribution < 1.29 is 4.52 Å². The molecule has 2 rings (SSSR count). The molecule has 5 heteroatoms. The van der Waals surface area contributed by atoms with Crippen molar-refractivity contribution in [3.05, 3.63) is 5.89 Å². The van der Waals surface area contributed by atoms with E-state index in [1.807, 2.05) is 0 Å². The molecule has 0 radical (unpaired) electrons. The van der Waals surface area contributed by atoms with Crippen molar-refractivity contribution in [3.63, 3.8) is 0 Å². The van der Waals surface area contributed by atoms with Gasteiger partial charge in [0.1, 0.15) is 0 Å². The summed E-state index contributed by atoms with van der Waals surface area (Å²) >= 11 is 0. The third-order valence-electron chi connectivity index (χ3n) is 2.74. The van der Waals surface area contributed by atoms with Gasteiger partial charge in [-0.2, -0.15) is 4.98 Å². The van der Waals surface area contributed by atoms with Crippen LogP contribution in [0.15, 0.2) is 4.52 Å². The molecule has 0 spiro atoms. The van der Waals surface area contributed by atoms with Crippen molar-refractivity contribution >= 4 is 5.95 Å². The maximum absolute atomic E-state index is 5.90. The van der Waals surface area contributed by atoms with E-state index >= 15 is 0 Å². The maximum atomic E-state index is 5.90. The Kier molecular flexibility index (Phi) is 3.20. The van der Waals surface area contributed by atoms with Crippen LogP contribution in [0, 0.1) is 0 Å². The Balaban J connectivity index is 2.02. The van der Waals surface area contributed by atoms with Crippen LogP contribution in [0.5, 0.6) is 0 Å². The predicted molar refractivity (Wildman–Crippen MR) is 57.6 cm³/mol. The fourth-order valence-corrected chi connectivity index (χ4v) is 1.86. The van der Waals surface area contributed by atoms with E-state index in [2.05, 4.69) is 22.0 Å². The number of hydrogen-bond acceptors (Lipinski definition) is 5. The third-order valence-corrected chi connectivity index (χ3v) is 2.74. The lowest BCUT2D eigenvalue weighted by Gasteiger charge is -2.10. The lowest BCUT2D eigenvalue weighted by molar-refractivity contribution is 0.347. The van der Waals surface area contributed by atoms with E-state index in [4.69, 9.17) is 10.3 Å². The lowest BCUT2D eigenvalue weighted by Crippen LogP contribution is -2.19. The second kappa shape index (κ2) is 4.61. The second-order valence-corrected chi connectivity index (χ2v) is 4.02. The monoisotopic (exact) mass is 210 g/mol. The molecule has 84 valence electrons. The molecule has 1 aromatic heterocycles. The predicted octanol–water partition coefficient (Wildman–Crippen LogP) is 1.47. The van der Waals surface area contributed by atoms with Crippen molar-refractivity contribution in [2.45, 2.75) is 38.6 Å². The third kappa shape index (κ3) is 2.28. The van der Waals surface area contributed by atoms with Crippen molar-refractivity contribution in [2.24, 2.45) is 5.73 Å². The van der Waals surface area contributed by atoms with E-state index in [0.717, 1.165) is 25.9 Å². The molecule has 0 bridgehead atoms. The van der Waals surface area contributed by atoms with Crippen molar-refractivity contribution in [1.29, 1.82) is 0 Å². The van der Waals surface area contributed by atoms with Crippen LogP contribution in [0.4, 0.5) is 5.95 Å². The summed E-state index contributed by atoms with van der Waals surface area (Å²) in [6.45, 7) is 4.15. The number of nitrogens with zero attached hydrogens (tertiary/aromatic N) is 3. The molecule has 0 saturated carbocycles. The van der Waals surface area contributed by atoms with Gasteiger partial charge in [-0.25, -0.2) is 0 Å². The van der Waals surface area contributed by atoms with E-state index < -0.39 is 0 Å². The lowest BCUT2D eigenvalue weighted by atomic mass is 10.2. The van der Waals surface area contributed by atoms with Gasteiger partial charge in [0.25, 0.3) is 5.95 Å². The van der Waals surface area contributed by atoms with Crippen LogP contribution in [0.25, 0.3) is 0 Å². The van der Waals surface area contributed by atoms with Gasteiger partial charge in [-0.05, 0) is 24.4 Å². The van der Waals surface area contributed by atoms with Gasteiger partial charge in [0.05, 0.1) is 6.04 Å². The molecular formula is C10H18N4O. The highest BCUT2D eigenvalue weighted by Crippen LogP contribution is 2.20. The first-order chi connectivity index (χ1) is 7.31. The molecule has 1 aliphatic rings. The first-order valence-corrected chi connectivity index (χ1v) is 5.65. The number of aromatic nitrogens is 2. The van der Waals surface area contributed by atoms with Crippen LogP contribution in [-0.4, -0.2) is 23.2 Å². The first kappa shape index (κ1) is 10.4. The van der Waals surface area contributed by atoms with Crippen molar-refractivity contribution in [2.75, 3.05) is 18.0 Å². The van der Waals surface area contributed by atoms with Gasteiger partial charge in [0.2, 0.25) is 5.89 Å². The number of nitrogens with two attached hydrogens (primary N) is 1. The van der Waals surface area contributed by atoms with Crippen LogP contribution in [0.2, 0.25) is 0 Å². The van der Waals surface area contributed by atoms with E-state index in [1.54, 1.807) is 0 Å². The van der Waals surface area contributed by atoms with Crippen LogP contribution < -0.4 is 10.6 Å². The van der Waals surface area contributed by atoms with Gasteiger partial charge in [0.15, 0.2) is 0 Å². The summed E-state index contributed by atoms with van der Waals surface area (Å²) < 4.78 is 5.16. The molecule has 0 aliphatic carbocycles. The van der Waals surface area contributed by atoms with Gasteiger partial charge in [-0.3, -0.25) is 0 Å². The van der Waals surface area contributed by atoms with Crippen LogP contribution in [0.3, 0.4) is 0 Å². The molecule has 2 heterocycles. The van der Waals surface area contributed by atoms with Gasteiger partial charge < -0.3 is 15.2 Å². The average molecular weight is 210 g/mol. The molecule has 1 atom stereocenters. The van der Waals surface area contributed by atoms with Gasteiger partial charge in [0, 0.05) is 13.1 Å². The van der Waals surface area contributed by atoms with E-state index in [9.17, 15) is 0 Å². The topological polar surface area (TPSA) is 68.2 Å². The van der Waals surface area contributed by atoms with Gasteiger partial charge in [-0.1, -0.05) is 13.3 Å². The zero-order valence-corrected chi connectivity index (χ0v) is 9.15. The second-order valence-electron chi connectivity index (χ2n) is 4.02. The molecular weight excluding hydrogens is 192 g/mol. The van der Waals surface area contributed by atoms with Crippen molar-refractivity contribution in [1.82, 2.24) is 10.1 Å². The fourth-order valence-electron chi connectivity index (χ4n) is 1.86. The van der Waals surface area contributed by atoms with Crippen molar-refractivity contribution in [3.8, 4) is 0 Å². The average Bonchev–Trinajstić information content (AvgIpc) is 2.89. The molecule has 15 heavy (non-hydrogen) atoms. The van der Waals surface area contributed by atoms with Crippen LogP contribution >= 0.6 is 0 Å². The highest BCUT2D eigenvalue weighted by Gasteiger charge is 2.20. The zero-order chi connectivity index (χ0) is 10.7. The van der Waals surface area contributed by atoms with E-state index in [0.29, 0.717) is 11.8 Å². The number of hydrogen-bond donors (Lipinski definition) is 1. The summed E-state index contributed by atoms with van der Waals surface area (Å²) in [7, 11) is 0. The SMILES string of the molecule is CCCC(N)c1nc(N2CCCC2)no1. The van der Waals surface area contributed by atoms with Crippen LogP contribution in [-0.2, 0) is 0 Å². The Hall–Kier alpha value is -1.10. The smallest absolute Gasteiger partial charge is 0.266 e. The highest BCUT2D eigenvalue weighted by molar-refractivity contribution is 5.29. The summed E-state index contributed by atoms with van der Waals surface area (Å²) in [5, 5.41) is 3.96. The molecule has 0 amide bonds. The minimum Gasteiger partial charge on any atom is -0.338 e. The van der Waals surface area contributed by atoms with E-state index in [-0.39, 0.29) is 6.04 Å². The van der Waals surface area contributed by atoms with Crippen LogP contribution in [0.1, 0.15) is 44.5 Å². The molecule has 1 fully saturated rings. The van der Waals surface area contributed by atoms with Gasteiger partial charge >= 0.3 is 0 Å². The molecule has 1 unspecified atom stereocenters. The Labute approximate surface area is 89.6 Å². The highest BCUT2D eigenvalue weighted by atomic mass is 16.5. The number of rotatable bonds is 4. The number of anilines is 1. The molecule has 0 aromatic carbocycles. The van der Waals surface area contributed by atoms with Gasteiger partial charge in [-0.15, -0.1) is 0 Å². The zero-order valence-electron chi connectivity index (χ0n) is 9.15. The maximum Gasteiger partial charge on any atom is 0.266 e. The van der Waals surface area contributed by atoms with E-state index in [1.165, 1.54) is 12.8 Å². The molecule has 5 nitrogen and oxygen atoms in total. The fraction of sp³-hybridized carbons (Fsp3) is 0.800. The Bertz CT molecular complexity index is 306. The summed E-state index contributed by atoms with van der Waals surface area (Å²) in [6, 6.07) is -0.112. The summed E-state index contributed by atoms with van der Waals surface area (Å²) in [6.07, 6.45) is 4.35. The Morgan fingerprint density at radius 2 is 2.20 bits per heavy atom. The molecule has 1 saturated heterocycles. The molecule has 1 aromatic rings. The standard InChI is InChI=1S/C10H18N4O/c1-2-5-8(11)9-12-10(13-15-9)14-6-3-4-7-14/h8H,2-7,11H2,1H3. The minimum absolute atomic E-state index is 0.112. The molecule has 1 aliphatic heterocycles. The minimum atomic E-state index is -0.112. The first-order valence-electron chi connectivity index (χ1n) is 5.65. The molecule has 2 N–H and O–H groups in total. The Morgan fingerprint density at radius 1 is 1.47 bits per heavy atom. The summed E-state index contributed by atoms with van der Waals surface area (Å²) in [5.74, 6) is 1.27.